The maximum absolute atomic E-state index is 13.8. The Labute approximate surface area is 118 Å². The summed E-state index contributed by atoms with van der Waals surface area (Å²) in [4.78, 5) is 0. The zero-order chi connectivity index (χ0) is 14.0. The minimum absolute atomic E-state index is 0.0174. The van der Waals surface area contributed by atoms with Gasteiger partial charge in [0.15, 0.2) is 11.6 Å². The molecule has 2 N–H and O–H groups in total. The van der Waals surface area contributed by atoms with Gasteiger partial charge in [0.05, 0.1) is 4.47 Å². The maximum Gasteiger partial charge on any atom is 0.167 e. The highest BCUT2D eigenvalue weighted by atomic mass is 79.9. The summed E-state index contributed by atoms with van der Waals surface area (Å²) in [5.41, 5.74) is 6.30. The largest absolute Gasteiger partial charge is 0.453 e. The van der Waals surface area contributed by atoms with Crippen molar-refractivity contribution in [1.29, 1.82) is 0 Å². The molecule has 0 bridgehead atoms. The van der Waals surface area contributed by atoms with Crippen LogP contribution in [0.2, 0.25) is 0 Å². The lowest BCUT2D eigenvalue weighted by Crippen LogP contribution is -2.07. The van der Waals surface area contributed by atoms with Gasteiger partial charge in [0.1, 0.15) is 11.6 Å². The lowest BCUT2D eigenvalue weighted by molar-refractivity contribution is 0.427. The minimum atomic E-state index is -0.536. The van der Waals surface area contributed by atoms with Crippen LogP contribution in [0, 0.1) is 11.6 Å². The van der Waals surface area contributed by atoms with Crippen LogP contribution in [0.1, 0.15) is 18.5 Å². The van der Waals surface area contributed by atoms with Gasteiger partial charge in [-0.3, -0.25) is 0 Å². The third-order valence-corrected chi connectivity index (χ3v) is 3.25. The van der Waals surface area contributed by atoms with E-state index in [2.05, 4.69) is 15.9 Å². The van der Waals surface area contributed by atoms with Crippen LogP contribution >= 0.6 is 15.9 Å². The molecule has 5 heteroatoms. The molecule has 0 radical (unpaired) electrons. The van der Waals surface area contributed by atoms with Crippen molar-refractivity contribution < 1.29 is 13.5 Å². The topological polar surface area (TPSA) is 35.2 Å². The molecule has 2 nitrogen and oxygen atoms in total. The first-order valence-electron chi connectivity index (χ1n) is 5.66. The number of ether oxygens (including phenoxy) is 1. The molecule has 2 aromatic carbocycles. The Bertz CT molecular complexity index is 602. The van der Waals surface area contributed by atoms with Crippen molar-refractivity contribution in [1.82, 2.24) is 0 Å². The van der Waals surface area contributed by atoms with E-state index in [9.17, 15) is 8.78 Å². The van der Waals surface area contributed by atoms with E-state index in [1.165, 1.54) is 24.3 Å². The molecular weight excluding hydrogens is 316 g/mol. The molecule has 0 spiro atoms. The van der Waals surface area contributed by atoms with Crippen LogP contribution in [0.25, 0.3) is 0 Å². The highest BCUT2D eigenvalue weighted by Crippen LogP contribution is 2.35. The Balaban J connectivity index is 2.46. The van der Waals surface area contributed by atoms with Gasteiger partial charge in [-0.2, -0.15) is 0 Å². The second-order valence-electron chi connectivity index (χ2n) is 4.12. The molecule has 0 unspecified atom stereocenters. The van der Waals surface area contributed by atoms with Gasteiger partial charge in [-0.1, -0.05) is 12.1 Å². The van der Waals surface area contributed by atoms with Crippen molar-refractivity contribution in [2.24, 2.45) is 5.73 Å². The predicted molar refractivity (Wildman–Crippen MR) is 73.2 cm³/mol. The SMILES string of the molecule is C[C@@H](N)c1cccc(F)c1Oc1cc(F)ccc1Br. The van der Waals surface area contributed by atoms with Gasteiger partial charge in [0, 0.05) is 17.7 Å². The highest BCUT2D eigenvalue weighted by molar-refractivity contribution is 9.10. The Morgan fingerprint density at radius 1 is 1.21 bits per heavy atom. The second-order valence-corrected chi connectivity index (χ2v) is 4.98. The van der Waals surface area contributed by atoms with Crippen LogP contribution in [0.5, 0.6) is 11.5 Å². The normalized spacial score (nSPS) is 12.3. The molecule has 0 aliphatic heterocycles. The van der Waals surface area contributed by atoms with Crippen LogP contribution in [-0.4, -0.2) is 0 Å². The highest BCUT2D eigenvalue weighted by Gasteiger charge is 2.15. The summed E-state index contributed by atoms with van der Waals surface area (Å²) in [6.07, 6.45) is 0. The van der Waals surface area contributed by atoms with E-state index in [4.69, 9.17) is 10.5 Å². The molecule has 0 amide bonds. The van der Waals surface area contributed by atoms with E-state index < -0.39 is 17.7 Å². The average Bonchev–Trinajstić information content (AvgIpc) is 2.35. The fourth-order valence-electron chi connectivity index (χ4n) is 1.66. The van der Waals surface area contributed by atoms with Gasteiger partial charge in [0.25, 0.3) is 0 Å². The number of para-hydroxylation sites is 1. The lowest BCUT2D eigenvalue weighted by Gasteiger charge is -2.15. The maximum atomic E-state index is 13.8. The number of benzene rings is 2. The van der Waals surface area contributed by atoms with Crippen LogP contribution in [0.4, 0.5) is 8.78 Å². The Hall–Kier alpha value is -1.46. The van der Waals surface area contributed by atoms with Gasteiger partial charge in [-0.05, 0) is 41.1 Å². The van der Waals surface area contributed by atoms with Gasteiger partial charge >= 0.3 is 0 Å². The molecule has 1 atom stereocenters. The van der Waals surface area contributed by atoms with Crippen LogP contribution in [-0.2, 0) is 0 Å². The van der Waals surface area contributed by atoms with Crippen molar-refractivity contribution in [2.75, 3.05) is 0 Å². The van der Waals surface area contributed by atoms with E-state index in [1.54, 1.807) is 19.1 Å². The second kappa shape index (κ2) is 5.67. The number of rotatable bonds is 3. The van der Waals surface area contributed by atoms with Crippen molar-refractivity contribution >= 4 is 15.9 Å². The molecule has 2 rings (SSSR count). The van der Waals surface area contributed by atoms with E-state index in [-0.39, 0.29) is 11.5 Å². The Morgan fingerprint density at radius 3 is 2.63 bits per heavy atom. The number of hydrogen-bond donors (Lipinski definition) is 1. The summed E-state index contributed by atoms with van der Waals surface area (Å²) >= 11 is 3.23. The van der Waals surface area contributed by atoms with Crippen molar-refractivity contribution in [3.63, 3.8) is 0 Å². The molecule has 0 aliphatic carbocycles. The molecule has 100 valence electrons. The molecule has 0 aromatic heterocycles. The van der Waals surface area contributed by atoms with Crippen LogP contribution in [0.15, 0.2) is 40.9 Å². The monoisotopic (exact) mass is 327 g/mol. The van der Waals surface area contributed by atoms with Gasteiger partial charge < -0.3 is 10.5 Å². The average molecular weight is 328 g/mol. The first-order chi connectivity index (χ1) is 8.99. The molecule has 0 saturated heterocycles. The minimum Gasteiger partial charge on any atom is -0.453 e. The summed E-state index contributed by atoms with van der Waals surface area (Å²) in [7, 11) is 0. The van der Waals surface area contributed by atoms with E-state index >= 15 is 0 Å². The summed E-state index contributed by atoms with van der Waals surface area (Å²) in [5, 5.41) is 0. The first kappa shape index (κ1) is 14.0. The third-order valence-electron chi connectivity index (χ3n) is 2.59. The molecular formula is C14H12BrF2NO. The number of halogens is 3. The zero-order valence-corrected chi connectivity index (χ0v) is 11.7. The van der Waals surface area contributed by atoms with Gasteiger partial charge in [0.2, 0.25) is 0 Å². The number of hydrogen-bond acceptors (Lipinski definition) is 2. The van der Waals surface area contributed by atoms with Crippen molar-refractivity contribution in [2.45, 2.75) is 13.0 Å². The molecule has 0 fully saturated rings. The Kier molecular flexibility index (Phi) is 4.17. The standard InChI is InChI=1S/C14H12BrF2NO/c1-8(18)10-3-2-4-12(17)14(10)19-13-7-9(16)5-6-11(13)15/h2-8H,18H2,1H3/t8-/m1/s1. The first-order valence-corrected chi connectivity index (χ1v) is 6.45. The molecule has 2 aromatic rings. The van der Waals surface area contributed by atoms with Gasteiger partial charge in [-0.15, -0.1) is 0 Å². The molecule has 19 heavy (non-hydrogen) atoms. The summed E-state index contributed by atoms with van der Waals surface area (Å²) < 4.78 is 33.0. The third kappa shape index (κ3) is 3.11. The van der Waals surface area contributed by atoms with E-state index in [0.29, 0.717) is 10.0 Å². The fourth-order valence-corrected chi connectivity index (χ4v) is 1.98. The molecule has 0 aliphatic rings. The number of nitrogens with two attached hydrogens (primary N) is 1. The smallest absolute Gasteiger partial charge is 0.167 e. The summed E-state index contributed by atoms with van der Waals surface area (Å²) in [6, 6.07) is 8.08. The molecule has 0 saturated carbocycles. The fraction of sp³-hybridized carbons (Fsp3) is 0.143. The van der Waals surface area contributed by atoms with Crippen LogP contribution in [0.3, 0.4) is 0 Å². The summed E-state index contributed by atoms with van der Waals surface area (Å²) in [6.45, 7) is 1.72. The van der Waals surface area contributed by atoms with E-state index in [0.717, 1.165) is 0 Å². The van der Waals surface area contributed by atoms with Crippen molar-refractivity contribution in [3.8, 4) is 11.5 Å². The van der Waals surface area contributed by atoms with E-state index in [1.807, 2.05) is 0 Å². The quantitative estimate of drug-likeness (QED) is 0.898. The van der Waals surface area contributed by atoms with Crippen molar-refractivity contribution in [3.05, 3.63) is 58.1 Å². The Morgan fingerprint density at radius 2 is 1.95 bits per heavy atom. The summed E-state index contributed by atoms with van der Waals surface area (Å²) in [5.74, 6) is -0.779. The lowest BCUT2D eigenvalue weighted by atomic mass is 10.1. The predicted octanol–water partition coefficient (Wildman–Crippen LogP) is 4.54. The molecule has 0 heterocycles. The van der Waals surface area contributed by atoms with Crippen LogP contribution < -0.4 is 10.5 Å². The zero-order valence-electron chi connectivity index (χ0n) is 10.2. The van der Waals surface area contributed by atoms with Gasteiger partial charge in [-0.25, -0.2) is 8.78 Å².